The maximum absolute atomic E-state index is 12.0. The average Bonchev–Trinajstić information content (AvgIpc) is 2.68. The number of aliphatic carboxylic acids is 1. The standard InChI is InChI=1S/C22H34N2O4/c1-2-3-4-5-6-7-8-9-10-11-21(25)23-19-14-12-18(13-15-19)20(24-28)16-17-22(26)27/h12-15,28H,2-11,16-17H2,1H3,(H,23,25)(H,26,27). The van der Waals surface area contributed by atoms with Crippen molar-refractivity contribution in [1.82, 2.24) is 0 Å². The molecule has 0 aliphatic rings. The van der Waals surface area contributed by atoms with Gasteiger partial charge in [0.2, 0.25) is 5.91 Å². The molecule has 0 bridgehead atoms. The van der Waals surface area contributed by atoms with Gasteiger partial charge in [-0.2, -0.15) is 0 Å². The molecule has 1 rings (SSSR count). The Labute approximate surface area is 168 Å². The molecule has 0 heterocycles. The zero-order valence-corrected chi connectivity index (χ0v) is 17.0. The first-order chi connectivity index (χ1) is 13.6. The van der Waals surface area contributed by atoms with Crippen molar-refractivity contribution in [2.45, 2.75) is 84.0 Å². The van der Waals surface area contributed by atoms with Gasteiger partial charge in [-0.15, -0.1) is 0 Å². The highest BCUT2D eigenvalue weighted by molar-refractivity contribution is 6.01. The summed E-state index contributed by atoms with van der Waals surface area (Å²) >= 11 is 0. The van der Waals surface area contributed by atoms with E-state index in [2.05, 4.69) is 17.4 Å². The van der Waals surface area contributed by atoms with Crippen molar-refractivity contribution >= 4 is 23.3 Å². The Kier molecular flexibility index (Phi) is 12.4. The fraction of sp³-hybridized carbons (Fsp3) is 0.591. The van der Waals surface area contributed by atoms with Crippen LogP contribution in [0.2, 0.25) is 0 Å². The van der Waals surface area contributed by atoms with Crippen LogP contribution < -0.4 is 5.32 Å². The molecule has 156 valence electrons. The Bertz CT molecular complexity index is 611. The number of anilines is 1. The van der Waals surface area contributed by atoms with Crippen LogP contribution in [0.5, 0.6) is 0 Å². The number of unbranched alkanes of at least 4 members (excludes halogenated alkanes) is 8. The Balaban J connectivity index is 2.25. The number of amides is 1. The molecule has 3 N–H and O–H groups in total. The average molecular weight is 391 g/mol. The molecule has 0 spiro atoms. The topological polar surface area (TPSA) is 99.0 Å². The van der Waals surface area contributed by atoms with Crippen molar-refractivity contribution < 1.29 is 19.9 Å². The highest BCUT2D eigenvalue weighted by Gasteiger charge is 2.08. The van der Waals surface area contributed by atoms with Crippen LogP contribution in [-0.2, 0) is 9.59 Å². The molecule has 6 heteroatoms. The van der Waals surface area contributed by atoms with Gasteiger partial charge in [0, 0.05) is 18.5 Å². The number of carbonyl (C=O) groups is 2. The molecule has 0 aliphatic carbocycles. The van der Waals surface area contributed by atoms with Crippen LogP contribution in [0.3, 0.4) is 0 Å². The van der Waals surface area contributed by atoms with E-state index in [4.69, 9.17) is 10.3 Å². The van der Waals surface area contributed by atoms with Crippen LogP contribution in [0, 0.1) is 0 Å². The zero-order chi connectivity index (χ0) is 20.6. The fourth-order valence-corrected chi connectivity index (χ4v) is 3.04. The summed E-state index contributed by atoms with van der Waals surface area (Å²) in [6.45, 7) is 2.22. The number of hydrogen-bond acceptors (Lipinski definition) is 4. The monoisotopic (exact) mass is 390 g/mol. The van der Waals surface area contributed by atoms with E-state index >= 15 is 0 Å². The van der Waals surface area contributed by atoms with E-state index in [0.717, 1.165) is 12.8 Å². The van der Waals surface area contributed by atoms with Crippen molar-refractivity contribution in [2.75, 3.05) is 5.32 Å². The molecule has 1 aromatic rings. The molecule has 0 radical (unpaired) electrons. The lowest BCUT2D eigenvalue weighted by atomic mass is 10.1. The van der Waals surface area contributed by atoms with Gasteiger partial charge < -0.3 is 15.6 Å². The summed E-state index contributed by atoms with van der Waals surface area (Å²) < 4.78 is 0. The van der Waals surface area contributed by atoms with Crippen LogP contribution in [0.4, 0.5) is 5.69 Å². The second kappa shape index (κ2) is 14.7. The lowest BCUT2D eigenvalue weighted by molar-refractivity contribution is -0.136. The van der Waals surface area contributed by atoms with Gasteiger partial charge in [-0.05, 0) is 24.1 Å². The van der Waals surface area contributed by atoms with Crippen LogP contribution in [0.15, 0.2) is 29.4 Å². The van der Waals surface area contributed by atoms with Crippen LogP contribution in [0.25, 0.3) is 0 Å². The lowest BCUT2D eigenvalue weighted by Gasteiger charge is -2.07. The molecule has 1 aromatic carbocycles. The van der Waals surface area contributed by atoms with E-state index in [0.29, 0.717) is 23.4 Å². The molecule has 0 unspecified atom stereocenters. The first kappa shape index (κ1) is 23.7. The fourth-order valence-electron chi connectivity index (χ4n) is 3.04. The van der Waals surface area contributed by atoms with E-state index in [1.165, 1.54) is 44.9 Å². The van der Waals surface area contributed by atoms with E-state index in [9.17, 15) is 9.59 Å². The number of nitrogens with zero attached hydrogens (tertiary/aromatic N) is 1. The highest BCUT2D eigenvalue weighted by Crippen LogP contribution is 2.14. The molecule has 28 heavy (non-hydrogen) atoms. The molecule has 0 saturated carbocycles. The predicted molar refractivity (Wildman–Crippen MR) is 112 cm³/mol. The van der Waals surface area contributed by atoms with E-state index in [-0.39, 0.29) is 18.7 Å². The Morgan fingerprint density at radius 3 is 1.96 bits per heavy atom. The van der Waals surface area contributed by atoms with Crippen molar-refractivity contribution in [3.05, 3.63) is 29.8 Å². The van der Waals surface area contributed by atoms with E-state index < -0.39 is 5.97 Å². The van der Waals surface area contributed by atoms with Gasteiger partial charge in [0.1, 0.15) is 0 Å². The minimum Gasteiger partial charge on any atom is -0.481 e. The number of hydrogen-bond donors (Lipinski definition) is 3. The summed E-state index contributed by atoms with van der Waals surface area (Å²) in [5.74, 6) is -0.945. The molecule has 0 aliphatic heterocycles. The maximum atomic E-state index is 12.0. The van der Waals surface area contributed by atoms with Crippen molar-refractivity contribution in [2.24, 2.45) is 5.16 Å². The second-order valence-corrected chi connectivity index (χ2v) is 7.14. The van der Waals surface area contributed by atoms with Crippen molar-refractivity contribution in [3.63, 3.8) is 0 Å². The molecule has 0 saturated heterocycles. The third-order valence-electron chi connectivity index (χ3n) is 4.71. The predicted octanol–water partition coefficient (Wildman–Crippen LogP) is 5.59. The summed E-state index contributed by atoms with van der Waals surface area (Å²) in [7, 11) is 0. The quantitative estimate of drug-likeness (QED) is 0.157. The first-order valence-electron chi connectivity index (χ1n) is 10.4. The molecule has 0 aromatic heterocycles. The molecule has 0 fully saturated rings. The number of carboxylic acids is 1. The molecular formula is C22H34N2O4. The minimum atomic E-state index is -0.943. The van der Waals surface area contributed by atoms with Crippen LogP contribution >= 0.6 is 0 Å². The number of benzene rings is 1. The largest absolute Gasteiger partial charge is 0.481 e. The minimum absolute atomic E-state index is 0.00220. The maximum Gasteiger partial charge on any atom is 0.303 e. The smallest absolute Gasteiger partial charge is 0.303 e. The first-order valence-corrected chi connectivity index (χ1v) is 10.4. The highest BCUT2D eigenvalue weighted by atomic mass is 16.4. The summed E-state index contributed by atoms with van der Waals surface area (Å²) in [6, 6.07) is 6.89. The molecule has 6 nitrogen and oxygen atoms in total. The summed E-state index contributed by atoms with van der Waals surface area (Å²) in [5, 5.41) is 23.8. The van der Waals surface area contributed by atoms with E-state index in [1.807, 2.05) is 0 Å². The van der Waals surface area contributed by atoms with Crippen molar-refractivity contribution in [3.8, 4) is 0 Å². The van der Waals surface area contributed by atoms with Crippen LogP contribution in [-0.4, -0.2) is 27.9 Å². The zero-order valence-electron chi connectivity index (χ0n) is 17.0. The van der Waals surface area contributed by atoms with Gasteiger partial charge in [-0.25, -0.2) is 0 Å². The molecule has 0 atom stereocenters. The summed E-state index contributed by atoms with van der Waals surface area (Å²) in [4.78, 5) is 22.7. The van der Waals surface area contributed by atoms with Gasteiger partial charge in [0.25, 0.3) is 0 Å². The lowest BCUT2D eigenvalue weighted by Crippen LogP contribution is -2.11. The third-order valence-corrected chi connectivity index (χ3v) is 4.71. The Morgan fingerprint density at radius 2 is 1.43 bits per heavy atom. The SMILES string of the molecule is CCCCCCCCCCCC(=O)Nc1ccc(C(CCC(=O)O)=NO)cc1. The Hall–Kier alpha value is -2.37. The normalized spacial score (nSPS) is 11.4. The summed E-state index contributed by atoms with van der Waals surface area (Å²) in [5.41, 5.74) is 1.64. The number of nitrogens with one attached hydrogen (secondary N) is 1. The van der Waals surface area contributed by atoms with Gasteiger partial charge in [0.05, 0.1) is 12.1 Å². The van der Waals surface area contributed by atoms with Gasteiger partial charge >= 0.3 is 5.97 Å². The number of carbonyl (C=O) groups excluding carboxylic acids is 1. The van der Waals surface area contributed by atoms with Crippen molar-refractivity contribution in [1.29, 1.82) is 0 Å². The molecular weight excluding hydrogens is 356 g/mol. The second-order valence-electron chi connectivity index (χ2n) is 7.14. The molecule has 1 amide bonds. The van der Waals surface area contributed by atoms with Gasteiger partial charge in [-0.1, -0.05) is 75.6 Å². The third kappa shape index (κ3) is 10.7. The Morgan fingerprint density at radius 1 is 0.857 bits per heavy atom. The number of oxime groups is 1. The van der Waals surface area contributed by atoms with Gasteiger partial charge in [-0.3, -0.25) is 9.59 Å². The number of carboxylic acid groups (broad SMARTS) is 1. The van der Waals surface area contributed by atoms with Gasteiger partial charge in [0.15, 0.2) is 0 Å². The summed E-state index contributed by atoms with van der Waals surface area (Å²) in [6.07, 6.45) is 11.5. The van der Waals surface area contributed by atoms with E-state index in [1.54, 1.807) is 24.3 Å². The number of rotatable bonds is 15. The van der Waals surface area contributed by atoms with Crippen LogP contribution in [0.1, 0.15) is 89.5 Å².